The van der Waals surface area contributed by atoms with Crippen molar-refractivity contribution in [3.63, 3.8) is 0 Å². The lowest BCUT2D eigenvalue weighted by molar-refractivity contribution is 0.0785. The molecule has 1 N–H and O–H groups in total. The summed E-state index contributed by atoms with van der Waals surface area (Å²) in [7, 11) is 1.76. The Morgan fingerprint density at radius 3 is 3.04 bits per heavy atom. The maximum absolute atomic E-state index is 11.1. The second kappa shape index (κ2) is 8.65. The molecule has 0 radical (unpaired) electrons. The molecule has 5 nitrogen and oxygen atoms in total. The van der Waals surface area contributed by atoms with Crippen molar-refractivity contribution in [2.45, 2.75) is 44.6 Å². The third-order valence-electron chi connectivity index (χ3n) is 5.73. The summed E-state index contributed by atoms with van der Waals surface area (Å²) in [5.74, 6) is 2.26. The number of ether oxygens (including phenoxy) is 3. The number of fused-ring (bicyclic) bond motifs is 2. The van der Waals surface area contributed by atoms with Gasteiger partial charge in [0.2, 0.25) is 0 Å². The minimum atomic E-state index is -0.621. The number of carbonyl (C=O) groups is 1. The molecular weight excluding hydrogens is 354 g/mol. The molecule has 1 heterocycles. The van der Waals surface area contributed by atoms with Crippen molar-refractivity contribution in [3.05, 3.63) is 58.7 Å². The first-order chi connectivity index (χ1) is 13.7. The molecule has 1 aliphatic heterocycles. The number of rotatable bonds is 7. The molecule has 4 rings (SSSR count). The van der Waals surface area contributed by atoms with E-state index in [1.165, 1.54) is 29.5 Å². The Morgan fingerprint density at radius 1 is 1.21 bits per heavy atom. The highest BCUT2D eigenvalue weighted by atomic mass is 16.7. The fourth-order valence-electron chi connectivity index (χ4n) is 4.30. The molecule has 2 aromatic rings. The van der Waals surface area contributed by atoms with Gasteiger partial charge in [-0.3, -0.25) is 0 Å². The maximum atomic E-state index is 11.1. The Labute approximate surface area is 166 Å². The predicted molar refractivity (Wildman–Crippen MR) is 107 cm³/mol. The van der Waals surface area contributed by atoms with E-state index in [4.69, 9.17) is 14.2 Å². The molecule has 0 saturated carbocycles. The highest BCUT2D eigenvalue weighted by Crippen LogP contribution is 2.38. The van der Waals surface area contributed by atoms with E-state index in [9.17, 15) is 4.79 Å². The Bertz CT molecular complexity index is 848. The van der Waals surface area contributed by atoms with E-state index < -0.39 is 6.16 Å². The van der Waals surface area contributed by atoms with Gasteiger partial charge in [-0.2, -0.15) is 0 Å². The Kier molecular flexibility index (Phi) is 5.81. The second-order valence-corrected chi connectivity index (χ2v) is 7.49. The molecule has 0 saturated heterocycles. The van der Waals surface area contributed by atoms with Crippen LogP contribution < -0.4 is 14.8 Å². The second-order valence-electron chi connectivity index (χ2n) is 7.49. The lowest BCUT2D eigenvalue weighted by Gasteiger charge is -2.27. The normalized spacial score (nSPS) is 17.9. The molecule has 0 aromatic heterocycles. The molecule has 1 atom stereocenters. The molecule has 2 aliphatic rings. The van der Waals surface area contributed by atoms with Gasteiger partial charge >= 0.3 is 6.16 Å². The third-order valence-corrected chi connectivity index (χ3v) is 5.73. The average Bonchev–Trinajstić information content (AvgIpc) is 2.73. The lowest BCUT2D eigenvalue weighted by Crippen LogP contribution is -2.22. The van der Waals surface area contributed by atoms with Crippen LogP contribution in [-0.4, -0.2) is 26.4 Å². The number of benzene rings is 2. The van der Waals surface area contributed by atoms with Crippen molar-refractivity contribution in [2.24, 2.45) is 0 Å². The summed E-state index contributed by atoms with van der Waals surface area (Å²) in [6, 6.07) is 12.4. The van der Waals surface area contributed by atoms with Crippen molar-refractivity contribution in [3.8, 4) is 11.5 Å². The molecule has 0 fully saturated rings. The van der Waals surface area contributed by atoms with Gasteiger partial charge < -0.3 is 19.5 Å². The van der Waals surface area contributed by atoms with Crippen molar-refractivity contribution in [2.75, 3.05) is 20.2 Å². The van der Waals surface area contributed by atoms with Crippen LogP contribution in [0.3, 0.4) is 0 Å². The number of hydrogen-bond acceptors (Lipinski definition) is 5. The topological polar surface area (TPSA) is 56.8 Å². The molecule has 0 bridgehead atoms. The molecule has 0 spiro atoms. The van der Waals surface area contributed by atoms with Crippen LogP contribution in [0.25, 0.3) is 0 Å². The largest absolute Gasteiger partial charge is 0.514 e. The summed E-state index contributed by atoms with van der Waals surface area (Å²) >= 11 is 0. The predicted octanol–water partition coefficient (Wildman–Crippen LogP) is 4.37. The first-order valence-electron chi connectivity index (χ1n) is 10.1. The number of methoxy groups -OCH3 is 1. The number of cyclic esters (lactones) is 1. The molecule has 2 aromatic carbocycles. The summed E-state index contributed by atoms with van der Waals surface area (Å²) in [6.07, 6.45) is 5.08. The van der Waals surface area contributed by atoms with Crippen LogP contribution in [0.15, 0.2) is 36.4 Å². The molecule has 28 heavy (non-hydrogen) atoms. The zero-order valence-corrected chi connectivity index (χ0v) is 16.3. The number of nitrogens with one attached hydrogen (secondary N) is 1. The summed E-state index contributed by atoms with van der Waals surface area (Å²) in [4.78, 5) is 11.1. The van der Waals surface area contributed by atoms with E-state index in [1.807, 2.05) is 12.1 Å². The van der Waals surface area contributed by atoms with Crippen LogP contribution in [-0.2, 0) is 24.2 Å². The van der Waals surface area contributed by atoms with Gasteiger partial charge in [0.15, 0.2) is 0 Å². The quantitative estimate of drug-likeness (QED) is 0.439. The first-order valence-corrected chi connectivity index (χ1v) is 10.1. The van der Waals surface area contributed by atoms with E-state index in [1.54, 1.807) is 7.11 Å². The molecule has 5 heteroatoms. The van der Waals surface area contributed by atoms with E-state index in [-0.39, 0.29) is 0 Å². The summed E-state index contributed by atoms with van der Waals surface area (Å²) in [5.41, 5.74) is 5.03. The summed E-state index contributed by atoms with van der Waals surface area (Å²) in [6.45, 7) is 2.23. The summed E-state index contributed by atoms with van der Waals surface area (Å²) < 4.78 is 15.5. The average molecular weight is 381 g/mol. The Balaban J connectivity index is 1.26. The molecule has 1 unspecified atom stereocenters. The number of hydrogen-bond donors (Lipinski definition) is 1. The highest BCUT2D eigenvalue weighted by molar-refractivity contribution is 5.66. The van der Waals surface area contributed by atoms with Crippen LogP contribution in [0.4, 0.5) is 4.79 Å². The smallest absolute Gasteiger partial charge is 0.496 e. The van der Waals surface area contributed by atoms with E-state index in [0.29, 0.717) is 18.3 Å². The van der Waals surface area contributed by atoms with Gasteiger partial charge in [-0.05, 0) is 86.0 Å². The molecular formula is C23H27NO4. The van der Waals surface area contributed by atoms with Gasteiger partial charge in [0, 0.05) is 5.56 Å². The van der Waals surface area contributed by atoms with Gasteiger partial charge in [0.1, 0.15) is 18.1 Å². The van der Waals surface area contributed by atoms with Crippen LogP contribution in [0.5, 0.6) is 11.5 Å². The maximum Gasteiger partial charge on any atom is 0.514 e. The first kappa shape index (κ1) is 18.8. The zero-order valence-electron chi connectivity index (χ0n) is 16.3. The lowest BCUT2D eigenvalue weighted by atomic mass is 9.80. The van der Waals surface area contributed by atoms with Crippen LogP contribution in [0, 0.1) is 0 Å². The van der Waals surface area contributed by atoms with E-state index in [2.05, 4.69) is 29.6 Å². The van der Waals surface area contributed by atoms with Gasteiger partial charge in [-0.25, -0.2) is 4.79 Å². The minimum absolute atomic E-state index is 0.292. The fraction of sp³-hybridized carbons (Fsp3) is 0.435. The van der Waals surface area contributed by atoms with Crippen molar-refractivity contribution in [1.82, 2.24) is 5.32 Å². The van der Waals surface area contributed by atoms with Gasteiger partial charge in [-0.1, -0.05) is 18.2 Å². The SMILES string of the molecule is COc1cccc2c1CCCC2CCNCCc1ccc2c(c1)COC(=O)O2. The molecule has 148 valence electrons. The van der Waals surface area contributed by atoms with Crippen LogP contribution >= 0.6 is 0 Å². The highest BCUT2D eigenvalue weighted by Gasteiger charge is 2.22. The van der Waals surface area contributed by atoms with E-state index >= 15 is 0 Å². The monoisotopic (exact) mass is 381 g/mol. The molecule has 0 amide bonds. The van der Waals surface area contributed by atoms with Crippen molar-refractivity contribution < 1.29 is 19.0 Å². The zero-order chi connectivity index (χ0) is 19.3. The third kappa shape index (κ3) is 4.14. The van der Waals surface area contributed by atoms with Crippen LogP contribution in [0.2, 0.25) is 0 Å². The molecule has 1 aliphatic carbocycles. The van der Waals surface area contributed by atoms with Crippen LogP contribution in [0.1, 0.15) is 47.4 Å². The Hall–Kier alpha value is -2.53. The van der Waals surface area contributed by atoms with E-state index in [0.717, 1.165) is 43.7 Å². The van der Waals surface area contributed by atoms with Crippen molar-refractivity contribution >= 4 is 6.16 Å². The van der Waals surface area contributed by atoms with Gasteiger partial charge in [-0.15, -0.1) is 0 Å². The summed E-state index contributed by atoms with van der Waals surface area (Å²) in [5, 5.41) is 3.58. The minimum Gasteiger partial charge on any atom is -0.496 e. The fourth-order valence-corrected chi connectivity index (χ4v) is 4.30. The number of carbonyl (C=O) groups excluding carboxylic acids is 1. The van der Waals surface area contributed by atoms with Gasteiger partial charge in [0.25, 0.3) is 0 Å². The van der Waals surface area contributed by atoms with Crippen molar-refractivity contribution in [1.29, 1.82) is 0 Å². The Morgan fingerprint density at radius 2 is 2.14 bits per heavy atom. The van der Waals surface area contributed by atoms with Gasteiger partial charge in [0.05, 0.1) is 7.11 Å². The standard InChI is InChI=1S/C23H27NO4/c1-26-22-7-3-5-19-17(4-2-6-20(19)22)11-13-24-12-10-16-8-9-21-18(14-16)15-27-23(25)28-21/h3,5,7-9,14,17,24H,2,4,6,10-13,15H2,1H3.